The van der Waals surface area contributed by atoms with Crippen LogP contribution in [0.5, 0.6) is 0 Å². The second kappa shape index (κ2) is 5.70. The minimum atomic E-state index is -3.47. The number of benzene rings is 1. The Morgan fingerprint density at radius 1 is 1.17 bits per heavy atom. The van der Waals surface area contributed by atoms with Crippen LogP contribution in [-0.2, 0) is 10.0 Å². The van der Waals surface area contributed by atoms with E-state index >= 15 is 0 Å². The predicted octanol–water partition coefficient (Wildman–Crippen LogP) is 3.99. The topological polar surface area (TPSA) is 63.5 Å². The molecule has 0 saturated heterocycles. The molecular weight excluding hydrogens is 357 g/mol. The predicted molar refractivity (Wildman–Crippen MR) is 93.9 cm³/mol. The Morgan fingerprint density at radius 2 is 1.91 bits per heavy atom. The van der Waals surface area contributed by atoms with Crippen LogP contribution in [0.15, 0.2) is 36.5 Å². The van der Waals surface area contributed by atoms with Crippen molar-refractivity contribution < 1.29 is 8.42 Å². The van der Waals surface area contributed by atoms with Crippen molar-refractivity contribution in [2.24, 2.45) is 0 Å². The number of halogens is 2. The largest absolute Gasteiger partial charge is 0.285 e. The number of nitrogens with one attached hydrogen (secondary N) is 1. The van der Waals surface area contributed by atoms with Crippen LogP contribution in [-0.4, -0.2) is 24.1 Å². The number of rotatable bonds is 3. The van der Waals surface area contributed by atoms with Gasteiger partial charge in [-0.1, -0.05) is 35.3 Å². The first-order chi connectivity index (χ1) is 10.8. The second-order valence-corrected chi connectivity index (χ2v) is 7.76. The number of aryl methyl sites for hydroxylation is 1. The van der Waals surface area contributed by atoms with Gasteiger partial charge in [0.15, 0.2) is 5.82 Å². The summed E-state index contributed by atoms with van der Waals surface area (Å²) in [6.07, 6.45) is 2.85. The molecule has 0 atom stereocenters. The fraction of sp³-hybridized carbons (Fsp3) is 0.133. The molecule has 0 fully saturated rings. The van der Waals surface area contributed by atoms with Gasteiger partial charge in [-0.25, -0.2) is 13.4 Å². The molecule has 1 N–H and O–H groups in total. The Bertz CT molecular complexity index is 1010. The molecule has 5 nitrogen and oxygen atoms in total. The van der Waals surface area contributed by atoms with Gasteiger partial charge in [-0.05, 0) is 30.7 Å². The van der Waals surface area contributed by atoms with Crippen molar-refractivity contribution in [2.75, 3.05) is 11.0 Å². The van der Waals surface area contributed by atoms with Crippen LogP contribution in [0.4, 0.5) is 5.82 Å². The van der Waals surface area contributed by atoms with Crippen molar-refractivity contribution in [2.45, 2.75) is 6.92 Å². The average molecular weight is 370 g/mol. The first-order valence-corrected chi connectivity index (χ1v) is 9.32. The Hall–Kier alpha value is -1.76. The quantitative estimate of drug-likeness (QED) is 0.758. The van der Waals surface area contributed by atoms with Crippen molar-refractivity contribution >= 4 is 44.7 Å². The maximum Gasteiger partial charge on any atom is 0.230 e. The lowest BCUT2D eigenvalue weighted by molar-refractivity contribution is 0.606. The lowest BCUT2D eigenvalue weighted by Gasteiger charge is -2.07. The van der Waals surface area contributed by atoms with Crippen LogP contribution in [0.1, 0.15) is 5.56 Å². The number of aromatic nitrogens is 2. The molecule has 0 bridgehead atoms. The van der Waals surface area contributed by atoms with Crippen LogP contribution in [0.3, 0.4) is 0 Å². The third kappa shape index (κ3) is 3.15. The highest BCUT2D eigenvalue weighted by Crippen LogP contribution is 2.34. The average Bonchev–Trinajstić information content (AvgIpc) is 2.80. The number of hydrogen-bond acceptors (Lipinski definition) is 3. The normalized spacial score (nSPS) is 11.8. The Balaban J connectivity index is 2.32. The Labute approximate surface area is 143 Å². The molecule has 120 valence electrons. The summed E-state index contributed by atoms with van der Waals surface area (Å²) in [5.41, 5.74) is 2.76. The summed E-state index contributed by atoms with van der Waals surface area (Å²) in [7, 11) is -3.47. The molecule has 0 spiro atoms. The SMILES string of the molecule is Cc1cccn2c(NS(C)(=O)=O)c(-c3ccc(Cl)c(Cl)c3)nc12. The maximum absolute atomic E-state index is 11.7. The lowest BCUT2D eigenvalue weighted by atomic mass is 10.1. The number of pyridine rings is 1. The Morgan fingerprint density at radius 3 is 2.57 bits per heavy atom. The molecule has 0 unspecified atom stereocenters. The Kier molecular flexibility index (Phi) is 4.00. The minimum Gasteiger partial charge on any atom is -0.285 e. The fourth-order valence-corrected chi connectivity index (χ4v) is 3.17. The number of nitrogens with zero attached hydrogens (tertiary/aromatic N) is 2. The third-order valence-corrected chi connectivity index (χ3v) is 4.62. The van der Waals surface area contributed by atoms with Crippen LogP contribution in [0.25, 0.3) is 16.9 Å². The summed E-state index contributed by atoms with van der Waals surface area (Å²) in [6, 6.07) is 8.80. The van der Waals surface area contributed by atoms with Gasteiger partial charge in [0.1, 0.15) is 11.3 Å². The highest BCUT2D eigenvalue weighted by atomic mass is 35.5. The van der Waals surface area contributed by atoms with Gasteiger partial charge in [0.25, 0.3) is 0 Å². The van der Waals surface area contributed by atoms with Gasteiger partial charge >= 0.3 is 0 Å². The molecule has 1 aromatic carbocycles. The van der Waals surface area contributed by atoms with Crippen molar-refractivity contribution in [1.29, 1.82) is 0 Å². The van der Waals surface area contributed by atoms with E-state index < -0.39 is 10.0 Å². The molecule has 0 radical (unpaired) electrons. The van der Waals surface area contributed by atoms with Crippen LogP contribution in [0, 0.1) is 6.92 Å². The summed E-state index contributed by atoms with van der Waals surface area (Å²) >= 11 is 12.0. The molecule has 3 rings (SSSR count). The van der Waals surface area contributed by atoms with Gasteiger partial charge in [0.2, 0.25) is 10.0 Å². The smallest absolute Gasteiger partial charge is 0.230 e. The van der Waals surface area contributed by atoms with E-state index in [1.807, 2.05) is 19.1 Å². The molecule has 2 heterocycles. The molecule has 23 heavy (non-hydrogen) atoms. The van der Waals surface area contributed by atoms with E-state index in [4.69, 9.17) is 23.2 Å². The summed E-state index contributed by atoms with van der Waals surface area (Å²) in [4.78, 5) is 4.57. The number of anilines is 1. The third-order valence-electron chi connectivity index (χ3n) is 3.32. The molecular formula is C15H13Cl2N3O2S. The fourth-order valence-electron chi connectivity index (χ4n) is 2.32. The molecule has 0 amide bonds. The van der Waals surface area contributed by atoms with Gasteiger partial charge in [0, 0.05) is 11.8 Å². The second-order valence-electron chi connectivity index (χ2n) is 5.20. The van der Waals surface area contributed by atoms with E-state index in [-0.39, 0.29) is 0 Å². The van der Waals surface area contributed by atoms with Gasteiger partial charge in [-0.3, -0.25) is 9.12 Å². The monoisotopic (exact) mass is 369 g/mol. The van der Waals surface area contributed by atoms with Crippen LogP contribution in [0.2, 0.25) is 10.0 Å². The zero-order valence-electron chi connectivity index (χ0n) is 12.3. The van der Waals surface area contributed by atoms with Crippen LogP contribution >= 0.6 is 23.2 Å². The zero-order chi connectivity index (χ0) is 16.8. The maximum atomic E-state index is 11.7. The molecule has 0 saturated carbocycles. The molecule has 0 aliphatic carbocycles. The van der Waals surface area contributed by atoms with Gasteiger partial charge in [0.05, 0.1) is 16.3 Å². The summed E-state index contributed by atoms with van der Waals surface area (Å²) in [5, 5.41) is 0.802. The molecule has 3 aromatic rings. The first-order valence-electron chi connectivity index (χ1n) is 6.67. The number of sulfonamides is 1. The minimum absolute atomic E-state index is 0.365. The van der Waals surface area contributed by atoms with Crippen molar-refractivity contribution in [3.8, 4) is 11.3 Å². The van der Waals surface area contributed by atoms with E-state index in [2.05, 4.69) is 9.71 Å². The lowest BCUT2D eigenvalue weighted by Crippen LogP contribution is -2.12. The molecule has 0 aliphatic rings. The van der Waals surface area contributed by atoms with Crippen molar-refractivity contribution in [1.82, 2.24) is 9.38 Å². The van der Waals surface area contributed by atoms with Gasteiger partial charge < -0.3 is 0 Å². The zero-order valence-corrected chi connectivity index (χ0v) is 14.7. The van der Waals surface area contributed by atoms with Crippen LogP contribution < -0.4 is 4.72 Å². The molecule has 0 aliphatic heterocycles. The van der Waals surface area contributed by atoms with Gasteiger partial charge in [-0.15, -0.1) is 0 Å². The number of imidazole rings is 1. The van der Waals surface area contributed by atoms with E-state index in [0.717, 1.165) is 11.8 Å². The molecule has 8 heteroatoms. The molecule has 2 aromatic heterocycles. The highest BCUT2D eigenvalue weighted by molar-refractivity contribution is 7.92. The van der Waals surface area contributed by atoms with Crippen molar-refractivity contribution in [3.63, 3.8) is 0 Å². The van der Waals surface area contributed by atoms with E-state index in [0.29, 0.717) is 32.8 Å². The number of hydrogen-bond donors (Lipinski definition) is 1. The summed E-state index contributed by atoms with van der Waals surface area (Å²) in [5.74, 6) is 0.365. The van der Waals surface area contributed by atoms with E-state index in [1.165, 1.54) is 0 Å². The van der Waals surface area contributed by atoms with Gasteiger partial charge in [-0.2, -0.15) is 0 Å². The summed E-state index contributed by atoms with van der Waals surface area (Å²) in [6.45, 7) is 1.91. The standard InChI is InChI=1S/C15H13Cl2N3O2S/c1-9-4-3-7-20-14(9)18-13(15(20)19-23(2,21)22)10-5-6-11(16)12(17)8-10/h3-8,19H,1-2H3. The van der Waals surface area contributed by atoms with E-state index in [1.54, 1.807) is 28.8 Å². The summed E-state index contributed by atoms with van der Waals surface area (Å²) < 4.78 is 27.7. The van der Waals surface area contributed by atoms with E-state index in [9.17, 15) is 8.42 Å². The first kappa shape index (κ1) is 16.1. The van der Waals surface area contributed by atoms with Crippen molar-refractivity contribution in [3.05, 3.63) is 52.1 Å². The number of fused-ring (bicyclic) bond motifs is 1. The highest BCUT2D eigenvalue weighted by Gasteiger charge is 2.18.